The molecule has 1 aromatic carbocycles. The molecule has 0 radical (unpaired) electrons. The van der Waals surface area contributed by atoms with Gasteiger partial charge in [-0.25, -0.2) is 4.39 Å². The molecule has 0 atom stereocenters. The molecule has 0 bridgehead atoms. The maximum absolute atomic E-state index is 12.6. The lowest BCUT2D eigenvalue weighted by Gasteiger charge is -2.10. The van der Waals surface area contributed by atoms with E-state index in [1.54, 1.807) is 12.1 Å². The molecule has 82 valence electrons. The number of hydrogen-bond acceptors (Lipinski definition) is 1. The van der Waals surface area contributed by atoms with Gasteiger partial charge in [0.15, 0.2) is 0 Å². The number of benzene rings is 1. The highest BCUT2D eigenvalue weighted by molar-refractivity contribution is 5.42. The fourth-order valence-corrected chi connectivity index (χ4v) is 2.29. The van der Waals surface area contributed by atoms with E-state index in [-0.39, 0.29) is 5.82 Å². The molecule has 1 aliphatic carbocycles. The molecule has 0 spiro atoms. The minimum absolute atomic E-state index is 0.170. The van der Waals surface area contributed by atoms with Gasteiger partial charge in [0.05, 0.1) is 0 Å². The van der Waals surface area contributed by atoms with Gasteiger partial charge in [-0.1, -0.05) is 25.7 Å². The molecule has 1 aromatic rings. The first-order valence-electron chi connectivity index (χ1n) is 5.84. The monoisotopic (exact) mass is 207 g/mol. The number of anilines is 1. The van der Waals surface area contributed by atoms with Gasteiger partial charge in [0.2, 0.25) is 0 Å². The van der Waals surface area contributed by atoms with E-state index in [4.69, 9.17) is 0 Å². The molecule has 2 rings (SSSR count). The third kappa shape index (κ3) is 3.22. The Morgan fingerprint density at radius 3 is 2.47 bits per heavy atom. The van der Waals surface area contributed by atoms with Gasteiger partial charge < -0.3 is 5.32 Å². The van der Waals surface area contributed by atoms with Gasteiger partial charge in [-0.15, -0.1) is 0 Å². The van der Waals surface area contributed by atoms with Crippen LogP contribution in [0.5, 0.6) is 0 Å². The third-order valence-corrected chi connectivity index (χ3v) is 3.20. The van der Waals surface area contributed by atoms with Crippen LogP contribution in [0.3, 0.4) is 0 Å². The zero-order valence-corrected chi connectivity index (χ0v) is 9.01. The van der Waals surface area contributed by atoms with Crippen molar-refractivity contribution in [2.75, 3.05) is 11.9 Å². The SMILES string of the molecule is Fc1ccc(NCCC2CCCC2)cc1. The zero-order valence-electron chi connectivity index (χ0n) is 9.01. The number of hydrogen-bond donors (Lipinski definition) is 1. The normalized spacial score (nSPS) is 16.9. The van der Waals surface area contributed by atoms with Crippen LogP contribution in [0.1, 0.15) is 32.1 Å². The van der Waals surface area contributed by atoms with Gasteiger partial charge in [0.1, 0.15) is 5.82 Å². The summed E-state index contributed by atoms with van der Waals surface area (Å²) < 4.78 is 12.6. The molecule has 1 saturated carbocycles. The summed E-state index contributed by atoms with van der Waals surface area (Å²) in [6.45, 7) is 1.01. The maximum Gasteiger partial charge on any atom is 0.123 e. The number of rotatable bonds is 4. The van der Waals surface area contributed by atoms with Crippen molar-refractivity contribution in [3.63, 3.8) is 0 Å². The molecule has 1 N–H and O–H groups in total. The quantitative estimate of drug-likeness (QED) is 0.791. The first-order chi connectivity index (χ1) is 7.34. The largest absolute Gasteiger partial charge is 0.385 e. The van der Waals surface area contributed by atoms with Gasteiger partial charge in [0.25, 0.3) is 0 Å². The van der Waals surface area contributed by atoms with Gasteiger partial charge in [-0.05, 0) is 36.6 Å². The highest BCUT2D eigenvalue weighted by Crippen LogP contribution is 2.27. The van der Waals surface area contributed by atoms with Crippen molar-refractivity contribution in [2.24, 2.45) is 5.92 Å². The van der Waals surface area contributed by atoms with Crippen molar-refractivity contribution in [3.05, 3.63) is 30.1 Å². The summed E-state index contributed by atoms with van der Waals surface area (Å²) in [7, 11) is 0. The molecular formula is C13H18FN. The van der Waals surface area contributed by atoms with Crippen LogP contribution in [0.4, 0.5) is 10.1 Å². The molecule has 0 amide bonds. The van der Waals surface area contributed by atoms with E-state index >= 15 is 0 Å². The second-order valence-electron chi connectivity index (χ2n) is 4.37. The lowest BCUT2D eigenvalue weighted by Crippen LogP contribution is -2.06. The fourth-order valence-electron chi connectivity index (χ4n) is 2.29. The van der Waals surface area contributed by atoms with Crippen LogP contribution in [0.15, 0.2) is 24.3 Å². The summed E-state index contributed by atoms with van der Waals surface area (Å²) in [6, 6.07) is 6.59. The van der Waals surface area contributed by atoms with Gasteiger partial charge in [-0.3, -0.25) is 0 Å². The van der Waals surface area contributed by atoms with Gasteiger partial charge in [-0.2, -0.15) is 0 Å². The summed E-state index contributed by atoms with van der Waals surface area (Å²) in [5.74, 6) is 0.745. The number of halogens is 1. The molecule has 1 nitrogen and oxygen atoms in total. The summed E-state index contributed by atoms with van der Waals surface area (Å²) >= 11 is 0. The summed E-state index contributed by atoms with van der Waals surface area (Å²) in [5, 5.41) is 3.33. The predicted molar refractivity (Wildman–Crippen MR) is 61.5 cm³/mol. The Morgan fingerprint density at radius 1 is 1.13 bits per heavy atom. The molecule has 0 saturated heterocycles. The van der Waals surface area contributed by atoms with Crippen molar-refractivity contribution in [3.8, 4) is 0 Å². The van der Waals surface area contributed by atoms with Crippen LogP contribution < -0.4 is 5.32 Å². The van der Waals surface area contributed by atoms with Crippen molar-refractivity contribution >= 4 is 5.69 Å². The molecule has 15 heavy (non-hydrogen) atoms. The number of nitrogens with one attached hydrogen (secondary N) is 1. The Kier molecular flexibility index (Phi) is 3.59. The second kappa shape index (κ2) is 5.15. The van der Waals surface area contributed by atoms with E-state index in [1.807, 2.05) is 0 Å². The Morgan fingerprint density at radius 2 is 1.80 bits per heavy atom. The summed E-state index contributed by atoms with van der Waals surface area (Å²) in [4.78, 5) is 0. The predicted octanol–water partition coefficient (Wildman–Crippen LogP) is 3.82. The van der Waals surface area contributed by atoms with Crippen LogP contribution in [-0.2, 0) is 0 Å². The van der Waals surface area contributed by atoms with Crippen LogP contribution in [0.2, 0.25) is 0 Å². The maximum atomic E-state index is 12.6. The van der Waals surface area contributed by atoms with E-state index in [1.165, 1.54) is 44.2 Å². The Hall–Kier alpha value is -1.05. The van der Waals surface area contributed by atoms with Crippen molar-refractivity contribution in [2.45, 2.75) is 32.1 Å². The minimum Gasteiger partial charge on any atom is -0.385 e. The lowest BCUT2D eigenvalue weighted by molar-refractivity contribution is 0.518. The zero-order chi connectivity index (χ0) is 10.5. The van der Waals surface area contributed by atoms with Crippen molar-refractivity contribution in [1.29, 1.82) is 0 Å². The Bertz CT molecular complexity index is 288. The molecule has 1 fully saturated rings. The van der Waals surface area contributed by atoms with Crippen LogP contribution in [-0.4, -0.2) is 6.54 Å². The van der Waals surface area contributed by atoms with E-state index < -0.39 is 0 Å². The molecule has 0 aliphatic heterocycles. The first kappa shape index (κ1) is 10.5. The van der Waals surface area contributed by atoms with E-state index in [0.717, 1.165) is 18.2 Å². The standard InChI is InChI=1S/C13H18FN/c14-12-5-7-13(8-6-12)15-10-9-11-3-1-2-4-11/h5-8,11,15H,1-4,9-10H2. The fraction of sp³-hybridized carbons (Fsp3) is 0.538. The average molecular weight is 207 g/mol. The molecule has 0 heterocycles. The van der Waals surface area contributed by atoms with Crippen LogP contribution in [0.25, 0.3) is 0 Å². The van der Waals surface area contributed by atoms with Crippen molar-refractivity contribution < 1.29 is 4.39 Å². The molecule has 1 aliphatic rings. The van der Waals surface area contributed by atoms with Crippen LogP contribution in [0, 0.1) is 11.7 Å². The lowest BCUT2D eigenvalue weighted by atomic mass is 10.0. The molecular weight excluding hydrogens is 189 g/mol. The molecule has 0 unspecified atom stereocenters. The summed E-state index contributed by atoms with van der Waals surface area (Å²) in [5.41, 5.74) is 1.02. The van der Waals surface area contributed by atoms with Gasteiger partial charge in [0, 0.05) is 12.2 Å². The minimum atomic E-state index is -0.170. The topological polar surface area (TPSA) is 12.0 Å². The van der Waals surface area contributed by atoms with Crippen molar-refractivity contribution in [1.82, 2.24) is 0 Å². The highest BCUT2D eigenvalue weighted by Gasteiger charge is 2.13. The third-order valence-electron chi connectivity index (χ3n) is 3.20. The average Bonchev–Trinajstić information content (AvgIpc) is 2.74. The van der Waals surface area contributed by atoms with Gasteiger partial charge >= 0.3 is 0 Å². The first-order valence-corrected chi connectivity index (χ1v) is 5.84. The summed E-state index contributed by atoms with van der Waals surface area (Å²) in [6.07, 6.45) is 6.84. The smallest absolute Gasteiger partial charge is 0.123 e. The molecule has 2 heteroatoms. The van der Waals surface area contributed by atoms with E-state index in [0.29, 0.717) is 0 Å². The molecule has 0 aromatic heterocycles. The second-order valence-corrected chi connectivity index (χ2v) is 4.37. The Labute approximate surface area is 90.7 Å². The van der Waals surface area contributed by atoms with E-state index in [9.17, 15) is 4.39 Å². The highest BCUT2D eigenvalue weighted by atomic mass is 19.1. The van der Waals surface area contributed by atoms with E-state index in [2.05, 4.69) is 5.32 Å². The van der Waals surface area contributed by atoms with Crippen LogP contribution >= 0.6 is 0 Å². The Balaban J connectivity index is 1.71.